The Morgan fingerprint density at radius 3 is 2.70 bits per heavy atom. The Hall–Kier alpha value is -2.73. The van der Waals surface area contributed by atoms with Crippen LogP contribution in [0.3, 0.4) is 0 Å². The number of hydrogen-bond donors (Lipinski definition) is 3. The summed E-state index contributed by atoms with van der Waals surface area (Å²) in [6, 6.07) is 7.32. The van der Waals surface area contributed by atoms with Crippen LogP contribution in [0.15, 0.2) is 18.2 Å². The van der Waals surface area contributed by atoms with E-state index in [-0.39, 0.29) is 11.3 Å². The van der Waals surface area contributed by atoms with Gasteiger partial charge in [-0.25, -0.2) is 0 Å². The van der Waals surface area contributed by atoms with Gasteiger partial charge in [0.25, 0.3) is 5.91 Å². The molecule has 6 heteroatoms. The highest BCUT2D eigenvalue weighted by molar-refractivity contribution is 5.97. The summed E-state index contributed by atoms with van der Waals surface area (Å²) in [4.78, 5) is 11.9. The smallest absolute Gasteiger partial charge is 0.256 e. The van der Waals surface area contributed by atoms with E-state index in [1.54, 1.807) is 0 Å². The van der Waals surface area contributed by atoms with Crippen molar-refractivity contribution in [2.45, 2.75) is 31.7 Å². The molecule has 20 heavy (non-hydrogen) atoms. The number of para-hydroxylation sites is 1. The van der Waals surface area contributed by atoms with Crippen molar-refractivity contribution < 1.29 is 15.0 Å². The van der Waals surface area contributed by atoms with Gasteiger partial charge in [0, 0.05) is 6.42 Å². The molecule has 1 rings (SSSR count). The number of aromatic hydroxyl groups is 2. The first-order valence-corrected chi connectivity index (χ1v) is 6.18. The summed E-state index contributed by atoms with van der Waals surface area (Å²) in [5.74, 6) is -1.52. The van der Waals surface area contributed by atoms with E-state index in [9.17, 15) is 15.0 Å². The van der Waals surface area contributed by atoms with Crippen LogP contribution in [-0.2, 0) is 0 Å². The molecule has 0 saturated carbocycles. The van der Waals surface area contributed by atoms with Gasteiger partial charge in [-0.15, -0.1) is 0 Å². The van der Waals surface area contributed by atoms with E-state index in [1.807, 2.05) is 12.1 Å². The van der Waals surface area contributed by atoms with E-state index < -0.39 is 17.7 Å². The third-order valence-corrected chi connectivity index (χ3v) is 2.75. The molecular weight excluding hydrogens is 258 g/mol. The second-order valence-corrected chi connectivity index (χ2v) is 4.23. The van der Waals surface area contributed by atoms with Gasteiger partial charge in [-0.1, -0.05) is 6.07 Å². The van der Waals surface area contributed by atoms with Gasteiger partial charge in [-0.3, -0.25) is 4.79 Å². The second kappa shape index (κ2) is 7.65. The minimum atomic E-state index is -0.692. The topological polar surface area (TPSA) is 117 Å². The Balaban J connectivity index is 2.62. The molecule has 0 radical (unpaired) electrons. The highest BCUT2D eigenvalue weighted by Crippen LogP contribution is 2.28. The van der Waals surface area contributed by atoms with Gasteiger partial charge in [0.2, 0.25) is 0 Å². The molecule has 3 N–H and O–H groups in total. The van der Waals surface area contributed by atoms with Crippen molar-refractivity contribution in [3.8, 4) is 23.6 Å². The molecule has 6 nitrogen and oxygen atoms in total. The molecule has 0 saturated heterocycles. The highest BCUT2D eigenvalue weighted by Gasteiger charge is 2.17. The van der Waals surface area contributed by atoms with Crippen LogP contribution in [0.5, 0.6) is 11.5 Å². The first-order chi connectivity index (χ1) is 9.60. The Bertz CT molecular complexity index is 558. The summed E-state index contributed by atoms with van der Waals surface area (Å²) in [5, 5.41) is 38.7. The summed E-state index contributed by atoms with van der Waals surface area (Å²) in [5.41, 5.74) is -0.0812. The Morgan fingerprint density at radius 2 is 2.05 bits per heavy atom. The van der Waals surface area contributed by atoms with Crippen molar-refractivity contribution in [2.75, 3.05) is 0 Å². The number of nitrogens with zero attached hydrogens (tertiary/aromatic N) is 2. The third-order valence-electron chi connectivity index (χ3n) is 2.75. The Labute approximate surface area is 116 Å². The average Bonchev–Trinajstić information content (AvgIpc) is 2.45. The molecule has 1 atom stereocenters. The van der Waals surface area contributed by atoms with E-state index in [2.05, 4.69) is 5.32 Å². The maximum absolute atomic E-state index is 11.9. The minimum Gasteiger partial charge on any atom is -0.504 e. The molecule has 1 aromatic carbocycles. The number of phenolic OH excluding ortho intramolecular Hbond substituents is 2. The minimum absolute atomic E-state index is 0.0812. The van der Waals surface area contributed by atoms with Gasteiger partial charge < -0.3 is 15.5 Å². The molecule has 0 aliphatic rings. The fourth-order valence-corrected chi connectivity index (χ4v) is 1.67. The van der Waals surface area contributed by atoms with Crippen LogP contribution >= 0.6 is 0 Å². The number of benzene rings is 1. The van der Waals surface area contributed by atoms with Crippen molar-refractivity contribution in [1.82, 2.24) is 5.32 Å². The molecule has 0 heterocycles. The molecule has 0 aliphatic carbocycles. The second-order valence-electron chi connectivity index (χ2n) is 4.23. The molecule has 0 aromatic heterocycles. The molecule has 0 fully saturated rings. The van der Waals surface area contributed by atoms with Crippen molar-refractivity contribution in [1.29, 1.82) is 10.5 Å². The van der Waals surface area contributed by atoms with Gasteiger partial charge >= 0.3 is 0 Å². The lowest BCUT2D eigenvalue weighted by Gasteiger charge is -2.12. The van der Waals surface area contributed by atoms with E-state index in [4.69, 9.17) is 10.5 Å². The van der Waals surface area contributed by atoms with Crippen LogP contribution in [0, 0.1) is 22.7 Å². The lowest BCUT2D eigenvalue weighted by atomic mass is 10.1. The van der Waals surface area contributed by atoms with Crippen LogP contribution in [0.1, 0.15) is 36.0 Å². The first-order valence-electron chi connectivity index (χ1n) is 6.18. The predicted molar refractivity (Wildman–Crippen MR) is 70.7 cm³/mol. The van der Waals surface area contributed by atoms with Gasteiger partial charge in [-0.05, 0) is 31.4 Å². The molecule has 1 aromatic rings. The fourth-order valence-electron chi connectivity index (χ4n) is 1.67. The van der Waals surface area contributed by atoms with Crippen molar-refractivity contribution in [3.63, 3.8) is 0 Å². The zero-order chi connectivity index (χ0) is 15.0. The van der Waals surface area contributed by atoms with Gasteiger partial charge in [-0.2, -0.15) is 10.5 Å². The number of rotatable bonds is 6. The molecule has 104 valence electrons. The van der Waals surface area contributed by atoms with E-state index in [0.717, 1.165) is 0 Å². The largest absolute Gasteiger partial charge is 0.504 e. The van der Waals surface area contributed by atoms with Crippen LogP contribution in [0.2, 0.25) is 0 Å². The normalized spacial score (nSPS) is 11.1. The molecular formula is C14H15N3O3. The van der Waals surface area contributed by atoms with Crippen LogP contribution in [0.25, 0.3) is 0 Å². The fraction of sp³-hybridized carbons (Fsp3) is 0.357. The van der Waals surface area contributed by atoms with Crippen LogP contribution in [0.4, 0.5) is 0 Å². The molecule has 0 bridgehead atoms. The summed E-state index contributed by atoms with van der Waals surface area (Å²) in [7, 11) is 0. The monoisotopic (exact) mass is 273 g/mol. The molecule has 0 aliphatic heterocycles. The van der Waals surface area contributed by atoms with Gasteiger partial charge in [0.15, 0.2) is 11.5 Å². The SMILES string of the molecule is N#CCCCC[C@H](C#N)NC(=O)c1cccc(O)c1O. The van der Waals surface area contributed by atoms with E-state index in [0.29, 0.717) is 25.7 Å². The lowest BCUT2D eigenvalue weighted by Crippen LogP contribution is -2.33. The molecule has 0 unspecified atom stereocenters. The van der Waals surface area contributed by atoms with Crippen molar-refractivity contribution >= 4 is 5.91 Å². The molecule has 0 spiro atoms. The quantitative estimate of drug-likeness (QED) is 0.539. The summed E-state index contributed by atoms with van der Waals surface area (Å²) < 4.78 is 0. The van der Waals surface area contributed by atoms with Crippen LogP contribution in [-0.4, -0.2) is 22.2 Å². The van der Waals surface area contributed by atoms with E-state index in [1.165, 1.54) is 18.2 Å². The predicted octanol–water partition coefficient (Wildman–Crippen LogP) is 1.80. The maximum atomic E-state index is 11.9. The zero-order valence-electron chi connectivity index (χ0n) is 10.8. The maximum Gasteiger partial charge on any atom is 0.256 e. The number of nitrogens with one attached hydrogen (secondary N) is 1. The van der Waals surface area contributed by atoms with Crippen molar-refractivity contribution in [2.24, 2.45) is 0 Å². The standard InChI is InChI=1S/C14H15N3O3/c15-8-3-1-2-5-10(9-16)17-14(20)11-6-4-7-12(18)13(11)19/h4,6-7,10,18-19H,1-3,5H2,(H,17,20)/t10-/m1/s1. The third kappa shape index (κ3) is 4.18. The number of carbonyl (C=O) groups is 1. The summed E-state index contributed by atoms with van der Waals surface area (Å²) in [6.07, 6.45) is 2.17. The zero-order valence-corrected chi connectivity index (χ0v) is 10.8. The van der Waals surface area contributed by atoms with Gasteiger partial charge in [0.1, 0.15) is 6.04 Å². The van der Waals surface area contributed by atoms with E-state index >= 15 is 0 Å². The number of carbonyl (C=O) groups excluding carboxylic acids is 1. The summed E-state index contributed by atoms with van der Waals surface area (Å²) in [6.45, 7) is 0. The average molecular weight is 273 g/mol. The number of hydrogen-bond acceptors (Lipinski definition) is 5. The number of amides is 1. The summed E-state index contributed by atoms with van der Waals surface area (Å²) >= 11 is 0. The first kappa shape index (κ1) is 15.3. The molecule has 1 amide bonds. The Morgan fingerprint density at radius 1 is 1.30 bits per heavy atom. The highest BCUT2D eigenvalue weighted by atomic mass is 16.3. The lowest BCUT2D eigenvalue weighted by molar-refractivity contribution is 0.0940. The Kier molecular flexibility index (Phi) is 5.86. The number of unbranched alkanes of at least 4 members (excludes halogenated alkanes) is 2. The number of nitriles is 2. The van der Waals surface area contributed by atoms with Gasteiger partial charge in [0.05, 0.1) is 17.7 Å². The van der Waals surface area contributed by atoms with Crippen LogP contribution < -0.4 is 5.32 Å². The van der Waals surface area contributed by atoms with Crippen molar-refractivity contribution in [3.05, 3.63) is 23.8 Å². The number of phenols is 2.